The SMILES string of the molecule is CCOc1cc(Cl)ccc1OCC(O)COS(C)(=O)=O. The number of hydrogen-bond donors (Lipinski definition) is 1. The standard InChI is InChI=1S/C12H17ClO6S/c1-3-17-12-6-9(13)4-5-11(12)18-7-10(14)8-19-20(2,15)16/h4-6,10,14H,3,7-8H2,1-2H3. The van der Waals surface area contributed by atoms with Crippen molar-refractivity contribution in [1.29, 1.82) is 0 Å². The fourth-order valence-electron chi connectivity index (χ4n) is 1.31. The average molecular weight is 325 g/mol. The monoisotopic (exact) mass is 324 g/mol. The summed E-state index contributed by atoms with van der Waals surface area (Å²) in [5, 5.41) is 10.1. The van der Waals surface area contributed by atoms with Crippen LogP contribution in [0.15, 0.2) is 18.2 Å². The van der Waals surface area contributed by atoms with Crippen molar-refractivity contribution in [2.45, 2.75) is 13.0 Å². The largest absolute Gasteiger partial charge is 0.490 e. The Bertz CT molecular complexity index is 531. The molecule has 0 saturated heterocycles. The highest BCUT2D eigenvalue weighted by Gasteiger charge is 2.12. The van der Waals surface area contributed by atoms with Gasteiger partial charge in [-0.2, -0.15) is 8.42 Å². The van der Waals surface area contributed by atoms with Gasteiger partial charge in [0.2, 0.25) is 0 Å². The molecule has 0 aliphatic carbocycles. The summed E-state index contributed by atoms with van der Waals surface area (Å²) < 4.78 is 36.7. The summed E-state index contributed by atoms with van der Waals surface area (Å²) in [6.07, 6.45) is -0.164. The molecule has 0 amide bonds. The molecule has 0 heterocycles. The number of benzene rings is 1. The molecule has 0 spiro atoms. The quantitative estimate of drug-likeness (QED) is 0.729. The Balaban J connectivity index is 2.56. The Morgan fingerprint density at radius 3 is 2.55 bits per heavy atom. The van der Waals surface area contributed by atoms with Gasteiger partial charge in [-0.25, -0.2) is 0 Å². The second-order valence-corrected chi connectivity index (χ2v) is 6.06. The number of aliphatic hydroxyl groups excluding tert-OH is 1. The summed E-state index contributed by atoms with van der Waals surface area (Å²) >= 11 is 5.84. The molecule has 0 bridgehead atoms. The van der Waals surface area contributed by atoms with Gasteiger partial charge in [-0.1, -0.05) is 11.6 Å². The topological polar surface area (TPSA) is 82.1 Å². The van der Waals surface area contributed by atoms with E-state index >= 15 is 0 Å². The highest BCUT2D eigenvalue weighted by molar-refractivity contribution is 7.85. The van der Waals surface area contributed by atoms with Gasteiger partial charge in [0.1, 0.15) is 12.7 Å². The first-order valence-electron chi connectivity index (χ1n) is 5.89. The molecular weight excluding hydrogens is 308 g/mol. The van der Waals surface area contributed by atoms with E-state index in [1.807, 2.05) is 6.92 Å². The van der Waals surface area contributed by atoms with Crippen LogP contribution >= 0.6 is 11.6 Å². The third-order valence-electron chi connectivity index (χ3n) is 2.11. The maximum Gasteiger partial charge on any atom is 0.264 e. The zero-order chi connectivity index (χ0) is 15.2. The summed E-state index contributed by atoms with van der Waals surface area (Å²) in [5.41, 5.74) is 0. The lowest BCUT2D eigenvalue weighted by molar-refractivity contribution is 0.0639. The van der Waals surface area contributed by atoms with E-state index in [4.69, 9.17) is 21.1 Å². The van der Waals surface area contributed by atoms with Crippen molar-refractivity contribution in [3.63, 3.8) is 0 Å². The van der Waals surface area contributed by atoms with Crippen molar-refractivity contribution in [1.82, 2.24) is 0 Å². The average Bonchev–Trinajstić information content (AvgIpc) is 2.35. The second kappa shape index (κ2) is 7.68. The van der Waals surface area contributed by atoms with Gasteiger partial charge in [-0.05, 0) is 19.1 Å². The fourth-order valence-corrected chi connectivity index (χ4v) is 1.87. The number of hydrogen-bond acceptors (Lipinski definition) is 6. The molecule has 1 unspecified atom stereocenters. The van der Waals surface area contributed by atoms with E-state index in [-0.39, 0.29) is 13.2 Å². The zero-order valence-electron chi connectivity index (χ0n) is 11.2. The normalized spacial score (nSPS) is 13.0. The molecule has 1 atom stereocenters. The second-order valence-electron chi connectivity index (χ2n) is 3.98. The van der Waals surface area contributed by atoms with E-state index in [0.29, 0.717) is 23.1 Å². The van der Waals surface area contributed by atoms with Crippen LogP contribution in [0.4, 0.5) is 0 Å². The Labute approximate surface area is 123 Å². The van der Waals surface area contributed by atoms with Gasteiger partial charge in [-0.3, -0.25) is 4.18 Å². The third kappa shape index (κ3) is 6.42. The van der Waals surface area contributed by atoms with Gasteiger partial charge in [0.05, 0.1) is 19.5 Å². The van der Waals surface area contributed by atoms with Crippen LogP contribution in [0.1, 0.15) is 6.92 Å². The molecule has 1 aromatic carbocycles. The molecular formula is C12H17ClO6S. The summed E-state index contributed by atoms with van der Waals surface area (Å²) in [6.45, 7) is 1.77. The van der Waals surface area contributed by atoms with Crippen LogP contribution in [0.3, 0.4) is 0 Å². The maximum absolute atomic E-state index is 10.8. The lowest BCUT2D eigenvalue weighted by Crippen LogP contribution is -2.25. The number of aliphatic hydroxyl groups is 1. The van der Waals surface area contributed by atoms with Gasteiger partial charge in [0.15, 0.2) is 11.5 Å². The van der Waals surface area contributed by atoms with Gasteiger partial charge >= 0.3 is 0 Å². The highest BCUT2D eigenvalue weighted by atomic mass is 35.5. The first-order valence-corrected chi connectivity index (χ1v) is 8.09. The van der Waals surface area contributed by atoms with Crippen LogP contribution in [0.2, 0.25) is 5.02 Å². The minimum absolute atomic E-state index is 0.128. The Morgan fingerprint density at radius 1 is 1.25 bits per heavy atom. The van der Waals surface area contributed by atoms with Crippen LogP contribution in [-0.2, 0) is 14.3 Å². The van der Waals surface area contributed by atoms with E-state index < -0.39 is 16.2 Å². The summed E-state index contributed by atoms with van der Waals surface area (Å²) in [5.74, 6) is 0.867. The van der Waals surface area contributed by atoms with Crippen LogP contribution < -0.4 is 9.47 Å². The smallest absolute Gasteiger partial charge is 0.264 e. The van der Waals surface area contributed by atoms with Crippen molar-refractivity contribution < 1.29 is 27.2 Å². The molecule has 20 heavy (non-hydrogen) atoms. The molecule has 1 rings (SSSR count). The number of ether oxygens (including phenoxy) is 2. The molecule has 6 nitrogen and oxygen atoms in total. The summed E-state index contributed by atoms with van der Waals surface area (Å²) in [7, 11) is -3.58. The van der Waals surface area contributed by atoms with Gasteiger partial charge < -0.3 is 14.6 Å². The third-order valence-corrected chi connectivity index (χ3v) is 2.91. The van der Waals surface area contributed by atoms with Crippen molar-refractivity contribution in [3.05, 3.63) is 23.2 Å². The van der Waals surface area contributed by atoms with E-state index in [9.17, 15) is 13.5 Å². The van der Waals surface area contributed by atoms with Crippen molar-refractivity contribution in [2.75, 3.05) is 26.1 Å². The van der Waals surface area contributed by atoms with Crippen LogP contribution in [0, 0.1) is 0 Å². The predicted octanol–water partition coefficient (Wildman–Crippen LogP) is 1.45. The Hall–Kier alpha value is -1.02. The molecule has 1 N–H and O–H groups in total. The molecule has 0 saturated carbocycles. The number of rotatable bonds is 8. The molecule has 0 aliphatic heterocycles. The highest BCUT2D eigenvalue weighted by Crippen LogP contribution is 2.30. The molecule has 8 heteroatoms. The maximum atomic E-state index is 10.8. The summed E-state index contributed by atoms with van der Waals surface area (Å²) in [4.78, 5) is 0. The van der Waals surface area contributed by atoms with Crippen molar-refractivity contribution in [3.8, 4) is 11.5 Å². The molecule has 114 valence electrons. The van der Waals surface area contributed by atoms with Crippen LogP contribution in [0.25, 0.3) is 0 Å². The van der Waals surface area contributed by atoms with Crippen LogP contribution in [0.5, 0.6) is 11.5 Å². The minimum atomic E-state index is -3.58. The lowest BCUT2D eigenvalue weighted by atomic mass is 10.3. The minimum Gasteiger partial charge on any atom is -0.490 e. The Morgan fingerprint density at radius 2 is 1.95 bits per heavy atom. The first-order chi connectivity index (χ1) is 9.31. The zero-order valence-corrected chi connectivity index (χ0v) is 12.8. The molecule has 0 fully saturated rings. The molecule has 0 aliphatic rings. The van der Waals surface area contributed by atoms with Crippen molar-refractivity contribution in [2.24, 2.45) is 0 Å². The number of halogens is 1. The first kappa shape index (κ1) is 17.0. The molecule has 0 aromatic heterocycles. The lowest BCUT2D eigenvalue weighted by Gasteiger charge is -2.15. The van der Waals surface area contributed by atoms with E-state index in [0.717, 1.165) is 6.26 Å². The Kier molecular flexibility index (Phi) is 6.54. The van der Waals surface area contributed by atoms with E-state index in [1.54, 1.807) is 18.2 Å². The van der Waals surface area contributed by atoms with Gasteiger partial charge in [0.25, 0.3) is 10.1 Å². The van der Waals surface area contributed by atoms with Crippen molar-refractivity contribution >= 4 is 21.7 Å². The molecule has 0 radical (unpaired) electrons. The predicted molar refractivity (Wildman–Crippen MR) is 74.9 cm³/mol. The van der Waals surface area contributed by atoms with Gasteiger partial charge in [-0.15, -0.1) is 0 Å². The van der Waals surface area contributed by atoms with E-state index in [1.165, 1.54) is 0 Å². The molecule has 1 aromatic rings. The summed E-state index contributed by atoms with van der Waals surface area (Å²) in [6, 6.07) is 4.83. The van der Waals surface area contributed by atoms with Gasteiger partial charge in [0, 0.05) is 11.1 Å². The van der Waals surface area contributed by atoms with E-state index in [2.05, 4.69) is 4.18 Å². The fraction of sp³-hybridized carbons (Fsp3) is 0.500. The van der Waals surface area contributed by atoms with Crippen LogP contribution in [-0.4, -0.2) is 45.7 Å².